The predicted octanol–water partition coefficient (Wildman–Crippen LogP) is 4.53. The summed E-state index contributed by atoms with van der Waals surface area (Å²) in [6, 6.07) is 12.2. The summed E-state index contributed by atoms with van der Waals surface area (Å²) in [5.74, 6) is 0. The van der Waals surface area contributed by atoms with Gasteiger partial charge >= 0.3 is 0 Å². The summed E-state index contributed by atoms with van der Waals surface area (Å²) in [6.45, 7) is 0. The molecule has 0 unspecified atom stereocenters. The molecular weight excluding hydrogens is 296 g/mol. The number of nitrogens with zero attached hydrogens (tertiary/aromatic N) is 1. The number of aromatic nitrogens is 1. The Bertz CT molecular complexity index is 720. The van der Waals surface area contributed by atoms with Crippen molar-refractivity contribution in [3.05, 3.63) is 45.7 Å². The largest absolute Gasteiger partial charge is 0.353 e. The molecule has 0 bridgehead atoms. The summed E-state index contributed by atoms with van der Waals surface area (Å²) in [5.41, 5.74) is 2.62. The van der Waals surface area contributed by atoms with E-state index in [4.69, 9.17) is 0 Å². The van der Waals surface area contributed by atoms with Crippen LogP contribution in [0, 0.1) is 11.3 Å². The first-order chi connectivity index (χ1) is 8.29. The SMILES string of the molecule is N#Cc1c(-c2cccs2)[nH]c2ccc(Br)cc12. The summed E-state index contributed by atoms with van der Waals surface area (Å²) in [4.78, 5) is 4.40. The number of nitriles is 1. The van der Waals surface area contributed by atoms with Gasteiger partial charge in [0.2, 0.25) is 0 Å². The Morgan fingerprint density at radius 2 is 2.18 bits per heavy atom. The van der Waals surface area contributed by atoms with E-state index in [1.54, 1.807) is 11.3 Å². The zero-order valence-corrected chi connectivity index (χ0v) is 11.1. The first kappa shape index (κ1) is 10.6. The maximum absolute atomic E-state index is 9.31. The Labute approximate surface area is 111 Å². The molecule has 0 amide bonds. The molecule has 0 fully saturated rings. The number of aromatic amines is 1. The fourth-order valence-corrected chi connectivity index (χ4v) is 2.98. The van der Waals surface area contributed by atoms with Crippen molar-refractivity contribution in [3.63, 3.8) is 0 Å². The molecule has 3 rings (SSSR count). The highest BCUT2D eigenvalue weighted by atomic mass is 79.9. The van der Waals surface area contributed by atoms with E-state index in [-0.39, 0.29) is 0 Å². The van der Waals surface area contributed by atoms with Gasteiger partial charge in [0.25, 0.3) is 0 Å². The van der Waals surface area contributed by atoms with Crippen LogP contribution in [0.1, 0.15) is 5.56 Å². The smallest absolute Gasteiger partial charge is 0.102 e. The summed E-state index contributed by atoms with van der Waals surface area (Å²) in [6.07, 6.45) is 0. The molecule has 0 saturated heterocycles. The van der Waals surface area contributed by atoms with Gasteiger partial charge in [-0.3, -0.25) is 0 Å². The lowest BCUT2D eigenvalue weighted by molar-refractivity contribution is 1.45. The second-order valence-corrected chi connectivity index (χ2v) is 5.52. The predicted molar refractivity (Wildman–Crippen MR) is 74.0 cm³/mol. The number of rotatable bonds is 1. The topological polar surface area (TPSA) is 39.6 Å². The molecule has 1 aromatic carbocycles. The Kier molecular flexibility index (Phi) is 2.50. The minimum Gasteiger partial charge on any atom is -0.353 e. The summed E-state index contributed by atoms with van der Waals surface area (Å²) < 4.78 is 0.984. The van der Waals surface area contributed by atoms with E-state index in [1.807, 2.05) is 35.7 Å². The number of halogens is 1. The van der Waals surface area contributed by atoms with Crippen molar-refractivity contribution >= 4 is 38.2 Å². The van der Waals surface area contributed by atoms with Gasteiger partial charge in [-0.15, -0.1) is 11.3 Å². The molecule has 0 aliphatic carbocycles. The average molecular weight is 303 g/mol. The Morgan fingerprint density at radius 1 is 1.29 bits per heavy atom. The lowest BCUT2D eigenvalue weighted by Crippen LogP contribution is -1.76. The zero-order chi connectivity index (χ0) is 11.8. The van der Waals surface area contributed by atoms with Crippen LogP contribution in [0.25, 0.3) is 21.5 Å². The van der Waals surface area contributed by atoms with Crippen molar-refractivity contribution in [3.8, 4) is 16.6 Å². The highest BCUT2D eigenvalue weighted by Crippen LogP contribution is 2.33. The molecule has 0 atom stereocenters. The van der Waals surface area contributed by atoms with E-state index in [9.17, 15) is 5.26 Å². The molecule has 82 valence electrons. The maximum Gasteiger partial charge on any atom is 0.102 e. The Balaban J connectivity index is 2.37. The highest BCUT2D eigenvalue weighted by Gasteiger charge is 2.13. The van der Waals surface area contributed by atoms with Crippen LogP contribution >= 0.6 is 27.3 Å². The normalized spacial score (nSPS) is 10.6. The van der Waals surface area contributed by atoms with E-state index >= 15 is 0 Å². The van der Waals surface area contributed by atoms with E-state index in [0.717, 1.165) is 25.9 Å². The van der Waals surface area contributed by atoms with Gasteiger partial charge in [-0.25, -0.2) is 0 Å². The van der Waals surface area contributed by atoms with Crippen molar-refractivity contribution in [1.82, 2.24) is 4.98 Å². The van der Waals surface area contributed by atoms with Crippen molar-refractivity contribution in [2.24, 2.45) is 0 Å². The number of fused-ring (bicyclic) bond motifs is 1. The number of hydrogen-bond acceptors (Lipinski definition) is 2. The third-order valence-corrected chi connectivity index (χ3v) is 4.02. The van der Waals surface area contributed by atoms with Gasteiger partial charge in [0, 0.05) is 15.4 Å². The third-order valence-electron chi connectivity index (χ3n) is 2.64. The molecule has 17 heavy (non-hydrogen) atoms. The molecule has 1 N–H and O–H groups in total. The minimum atomic E-state index is 0.712. The van der Waals surface area contributed by atoms with Gasteiger partial charge in [-0.1, -0.05) is 22.0 Å². The van der Waals surface area contributed by atoms with Crippen LogP contribution in [0.5, 0.6) is 0 Å². The van der Waals surface area contributed by atoms with Crippen molar-refractivity contribution in [2.45, 2.75) is 0 Å². The molecule has 2 heterocycles. The zero-order valence-electron chi connectivity index (χ0n) is 8.70. The molecule has 2 nitrogen and oxygen atoms in total. The molecule has 0 aliphatic heterocycles. The lowest BCUT2D eigenvalue weighted by Gasteiger charge is -1.92. The van der Waals surface area contributed by atoms with Crippen molar-refractivity contribution in [2.75, 3.05) is 0 Å². The highest BCUT2D eigenvalue weighted by molar-refractivity contribution is 9.10. The fourth-order valence-electron chi connectivity index (χ4n) is 1.89. The van der Waals surface area contributed by atoms with Crippen LogP contribution < -0.4 is 0 Å². The molecule has 0 aliphatic rings. The third kappa shape index (κ3) is 1.68. The standard InChI is InChI=1S/C13H7BrN2S/c14-8-3-4-11-9(6-8)10(7-15)13(16-11)12-2-1-5-17-12/h1-6,16H. The molecule has 0 saturated carbocycles. The first-order valence-electron chi connectivity index (χ1n) is 5.05. The van der Waals surface area contributed by atoms with Crippen molar-refractivity contribution < 1.29 is 0 Å². The molecule has 0 spiro atoms. The summed E-state index contributed by atoms with van der Waals surface area (Å²) in [7, 11) is 0. The van der Waals surface area contributed by atoms with E-state index in [0.29, 0.717) is 5.56 Å². The van der Waals surface area contributed by atoms with Gasteiger partial charge in [0.05, 0.1) is 16.1 Å². The van der Waals surface area contributed by atoms with Crippen LogP contribution in [-0.4, -0.2) is 4.98 Å². The second kappa shape index (κ2) is 4.02. The van der Waals surface area contributed by atoms with Crippen LogP contribution in [-0.2, 0) is 0 Å². The van der Waals surface area contributed by atoms with Gasteiger partial charge in [0.1, 0.15) is 6.07 Å². The van der Waals surface area contributed by atoms with Gasteiger partial charge < -0.3 is 4.98 Å². The van der Waals surface area contributed by atoms with Crippen molar-refractivity contribution in [1.29, 1.82) is 5.26 Å². The maximum atomic E-state index is 9.31. The monoisotopic (exact) mass is 302 g/mol. The van der Waals surface area contributed by atoms with Crippen LogP contribution in [0.4, 0.5) is 0 Å². The molecule has 2 aromatic heterocycles. The average Bonchev–Trinajstić information content (AvgIpc) is 2.94. The Hall–Kier alpha value is -1.57. The first-order valence-corrected chi connectivity index (χ1v) is 6.72. The molecule has 0 radical (unpaired) electrons. The molecule has 4 heteroatoms. The molecular formula is C13H7BrN2S. The van der Waals surface area contributed by atoms with E-state index in [2.05, 4.69) is 27.0 Å². The quantitative estimate of drug-likeness (QED) is 0.705. The van der Waals surface area contributed by atoms with Crippen LogP contribution in [0.3, 0.4) is 0 Å². The number of thiophene rings is 1. The summed E-state index contributed by atoms with van der Waals surface area (Å²) >= 11 is 5.06. The number of hydrogen-bond donors (Lipinski definition) is 1. The Morgan fingerprint density at radius 3 is 2.88 bits per heavy atom. The number of nitrogens with one attached hydrogen (secondary N) is 1. The van der Waals surface area contributed by atoms with E-state index in [1.165, 1.54) is 0 Å². The van der Waals surface area contributed by atoms with E-state index < -0.39 is 0 Å². The number of benzene rings is 1. The summed E-state index contributed by atoms with van der Waals surface area (Å²) in [5, 5.41) is 12.3. The van der Waals surface area contributed by atoms with Crippen LogP contribution in [0.2, 0.25) is 0 Å². The number of H-pyrrole nitrogens is 1. The van der Waals surface area contributed by atoms with Gasteiger partial charge in [-0.05, 0) is 29.6 Å². The molecule has 3 aromatic rings. The van der Waals surface area contributed by atoms with Gasteiger partial charge in [-0.2, -0.15) is 5.26 Å². The minimum absolute atomic E-state index is 0.712. The van der Waals surface area contributed by atoms with Gasteiger partial charge in [0.15, 0.2) is 0 Å². The second-order valence-electron chi connectivity index (χ2n) is 3.65. The fraction of sp³-hybridized carbons (Fsp3) is 0. The van der Waals surface area contributed by atoms with Crippen LogP contribution in [0.15, 0.2) is 40.2 Å². The lowest BCUT2D eigenvalue weighted by atomic mass is 10.1.